The van der Waals surface area contributed by atoms with Crippen LogP contribution in [-0.2, 0) is 6.54 Å². The molecule has 0 amide bonds. The third-order valence-electron chi connectivity index (χ3n) is 5.02. The van der Waals surface area contributed by atoms with E-state index in [1.165, 1.54) is 0 Å². The van der Waals surface area contributed by atoms with E-state index in [1.54, 1.807) is 54.8 Å². The first-order valence-electron chi connectivity index (χ1n) is 9.31. The van der Waals surface area contributed by atoms with Gasteiger partial charge in [0.2, 0.25) is 0 Å². The normalized spacial score (nSPS) is 13.3. The fraction of sp³-hybridized carbons (Fsp3) is 0.286. The molecule has 0 aliphatic carbocycles. The van der Waals surface area contributed by atoms with Crippen LogP contribution in [0.1, 0.15) is 22.4 Å². The number of rotatable bonds is 6. The van der Waals surface area contributed by atoms with E-state index in [0.717, 1.165) is 11.8 Å². The summed E-state index contributed by atoms with van der Waals surface area (Å²) in [6.07, 6.45) is -5.67. The number of benzene rings is 2. The Hall–Kier alpha value is -2.46. The van der Waals surface area contributed by atoms with Crippen LogP contribution < -0.4 is 5.43 Å². The molecule has 33 heavy (non-hydrogen) atoms. The maximum absolute atomic E-state index is 13.5. The molecule has 0 fully saturated rings. The van der Waals surface area contributed by atoms with Crippen molar-refractivity contribution in [1.82, 2.24) is 9.99 Å². The molecule has 3 aromatic rings. The number of alkyl halides is 7. The molecule has 0 saturated heterocycles. The third-order valence-corrected chi connectivity index (χ3v) is 5.61. The van der Waals surface area contributed by atoms with Crippen LogP contribution in [0.25, 0.3) is 10.9 Å². The Bertz CT molecular complexity index is 1220. The van der Waals surface area contributed by atoms with Crippen molar-refractivity contribution in [2.45, 2.75) is 38.5 Å². The Kier molecular flexibility index (Phi) is 6.65. The highest BCUT2D eigenvalue weighted by molar-refractivity contribution is 6.35. The fourth-order valence-electron chi connectivity index (χ4n) is 3.24. The molecule has 3 nitrogen and oxygen atoms in total. The van der Waals surface area contributed by atoms with Crippen LogP contribution in [0, 0.1) is 13.8 Å². The molecule has 3 rings (SSSR count). The molecule has 0 bridgehead atoms. The van der Waals surface area contributed by atoms with Crippen LogP contribution in [0.5, 0.6) is 0 Å². The van der Waals surface area contributed by atoms with E-state index in [9.17, 15) is 30.7 Å². The van der Waals surface area contributed by atoms with Crippen LogP contribution in [0.2, 0.25) is 10.0 Å². The van der Waals surface area contributed by atoms with Crippen molar-refractivity contribution < 1.29 is 30.7 Å². The van der Waals surface area contributed by atoms with Gasteiger partial charge >= 0.3 is 18.1 Å². The molecule has 2 aromatic carbocycles. The van der Waals surface area contributed by atoms with Gasteiger partial charge in [-0.3, -0.25) is 0 Å². The molecule has 0 radical (unpaired) electrons. The first-order chi connectivity index (χ1) is 15.2. The zero-order valence-corrected chi connectivity index (χ0v) is 18.6. The van der Waals surface area contributed by atoms with Gasteiger partial charge in [-0.2, -0.15) is 35.8 Å². The van der Waals surface area contributed by atoms with Crippen molar-refractivity contribution in [3.8, 4) is 0 Å². The lowest BCUT2D eigenvalue weighted by Gasteiger charge is -2.27. The number of aromatic nitrogens is 1. The molecule has 1 N–H and O–H groups in total. The zero-order valence-electron chi connectivity index (χ0n) is 17.0. The summed E-state index contributed by atoms with van der Waals surface area (Å²) in [7, 11) is 0. The lowest BCUT2D eigenvalue weighted by molar-refractivity contribution is -0.361. The molecule has 178 valence electrons. The van der Waals surface area contributed by atoms with Gasteiger partial charge < -0.3 is 4.57 Å². The summed E-state index contributed by atoms with van der Waals surface area (Å²) in [4.78, 5) is 0. The summed E-state index contributed by atoms with van der Waals surface area (Å²) in [5, 5.41) is 4.38. The van der Waals surface area contributed by atoms with Crippen molar-refractivity contribution in [3.05, 3.63) is 68.8 Å². The highest BCUT2D eigenvalue weighted by atomic mass is 35.5. The summed E-state index contributed by atoms with van der Waals surface area (Å²) >= 11 is 12.2. The minimum Gasteiger partial charge on any atom is -0.340 e. The predicted molar refractivity (Wildman–Crippen MR) is 114 cm³/mol. The fourth-order valence-corrected chi connectivity index (χ4v) is 3.70. The Morgan fingerprint density at radius 3 is 2.24 bits per heavy atom. The second-order valence-electron chi connectivity index (χ2n) is 7.36. The number of fused-ring (bicyclic) bond motifs is 1. The minimum atomic E-state index is -6.46. The highest BCUT2D eigenvalue weighted by Gasteiger charge is 2.73. The number of aryl methyl sites for hydroxylation is 1. The summed E-state index contributed by atoms with van der Waals surface area (Å²) in [6, 6.07) is 4.53. The molecule has 0 atom stereocenters. The monoisotopic (exact) mass is 513 g/mol. The number of hydrogen-bond donors (Lipinski definition) is 1. The van der Waals surface area contributed by atoms with Gasteiger partial charge in [0.1, 0.15) is 0 Å². The van der Waals surface area contributed by atoms with Gasteiger partial charge in [0.25, 0.3) is 0 Å². The molecule has 1 aromatic heterocycles. The van der Waals surface area contributed by atoms with Crippen LogP contribution in [0.15, 0.2) is 41.5 Å². The second kappa shape index (κ2) is 8.72. The van der Waals surface area contributed by atoms with E-state index in [-0.39, 0.29) is 12.1 Å². The zero-order chi connectivity index (χ0) is 24.8. The molecule has 0 unspecified atom stereocenters. The van der Waals surface area contributed by atoms with Crippen molar-refractivity contribution in [1.29, 1.82) is 0 Å². The van der Waals surface area contributed by atoms with E-state index in [1.807, 2.05) is 0 Å². The maximum atomic E-state index is 13.5. The van der Waals surface area contributed by atoms with Crippen molar-refractivity contribution in [2.75, 3.05) is 0 Å². The van der Waals surface area contributed by atoms with Gasteiger partial charge in [-0.15, -0.1) is 0 Å². The third kappa shape index (κ3) is 4.77. The molecule has 0 aliphatic heterocycles. The van der Waals surface area contributed by atoms with E-state index >= 15 is 0 Å². The smallest absolute Gasteiger partial charge is 0.340 e. The SMILES string of the molecule is Cc1ccc2c(c1)c(/C=N/NC(F)(F)C(F)(F)C(F)(F)F)c(C)n2Cc1ccc(Cl)cc1Cl. The lowest BCUT2D eigenvalue weighted by atomic mass is 10.1. The van der Waals surface area contributed by atoms with Crippen LogP contribution in [0.4, 0.5) is 30.7 Å². The number of hydrogen-bond acceptors (Lipinski definition) is 2. The maximum Gasteiger partial charge on any atom is 0.462 e. The minimum absolute atomic E-state index is 0.255. The average Bonchev–Trinajstić information content (AvgIpc) is 2.94. The van der Waals surface area contributed by atoms with E-state index in [4.69, 9.17) is 23.2 Å². The molecular weight excluding hydrogens is 498 g/mol. The lowest BCUT2D eigenvalue weighted by Crippen LogP contribution is -2.58. The topological polar surface area (TPSA) is 29.3 Å². The largest absolute Gasteiger partial charge is 0.462 e. The van der Waals surface area contributed by atoms with Gasteiger partial charge in [0.15, 0.2) is 0 Å². The van der Waals surface area contributed by atoms with E-state index in [0.29, 0.717) is 37.6 Å². The van der Waals surface area contributed by atoms with E-state index < -0.39 is 18.1 Å². The quantitative estimate of drug-likeness (QED) is 0.159. The summed E-state index contributed by atoms with van der Waals surface area (Å²) in [6.45, 7) is 3.66. The number of hydrazone groups is 1. The summed E-state index contributed by atoms with van der Waals surface area (Å²) in [5.41, 5.74) is 3.57. The Morgan fingerprint density at radius 2 is 1.64 bits per heavy atom. The Labute approximate surface area is 193 Å². The molecule has 12 heteroatoms. The van der Waals surface area contributed by atoms with Gasteiger partial charge in [-0.05, 0) is 43.7 Å². The van der Waals surface area contributed by atoms with Gasteiger partial charge in [0.05, 0.1) is 6.21 Å². The molecule has 1 heterocycles. The van der Waals surface area contributed by atoms with Gasteiger partial charge in [0, 0.05) is 38.8 Å². The number of nitrogens with one attached hydrogen (secondary N) is 1. The Balaban J connectivity index is 2.02. The van der Waals surface area contributed by atoms with Gasteiger partial charge in [-0.1, -0.05) is 40.9 Å². The van der Waals surface area contributed by atoms with Crippen molar-refractivity contribution >= 4 is 40.3 Å². The first-order valence-corrected chi connectivity index (χ1v) is 10.1. The average molecular weight is 514 g/mol. The second-order valence-corrected chi connectivity index (χ2v) is 8.20. The summed E-state index contributed by atoms with van der Waals surface area (Å²) in [5.74, 6) is -6.32. The number of nitrogens with zero attached hydrogens (tertiary/aromatic N) is 2. The van der Waals surface area contributed by atoms with Crippen molar-refractivity contribution in [2.24, 2.45) is 5.10 Å². The number of halogens is 9. The molecule has 0 saturated carbocycles. The molecule has 0 spiro atoms. The van der Waals surface area contributed by atoms with Crippen LogP contribution in [0.3, 0.4) is 0 Å². The Morgan fingerprint density at radius 1 is 0.970 bits per heavy atom. The van der Waals surface area contributed by atoms with Gasteiger partial charge in [-0.25, -0.2) is 5.43 Å². The van der Waals surface area contributed by atoms with Crippen LogP contribution >= 0.6 is 23.2 Å². The molecular formula is C21H16Cl2F7N3. The highest BCUT2D eigenvalue weighted by Crippen LogP contribution is 2.45. The predicted octanol–water partition coefficient (Wildman–Crippen LogP) is 7.33. The van der Waals surface area contributed by atoms with E-state index in [2.05, 4.69) is 5.10 Å². The van der Waals surface area contributed by atoms with Crippen molar-refractivity contribution in [3.63, 3.8) is 0 Å². The summed E-state index contributed by atoms with van der Waals surface area (Å²) < 4.78 is 92.0. The first kappa shape index (κ1) is 25.2. The van der Waals surface area contributed by atoms with Crippen LogP contribution in [-0.4, -0.2) is 28.9 Å². The molecule has 0 aliphatic rings. The standard InChI is InChI=1S/C21H16Cl2F7N3/c1-11-3-6-18-15(7-11)16(9-31-32-21(29,30)19(24,25)20(26,27)28)12(2)33(18)10-13-4-5-14(22)8-17(13)23/h3-9,32H,10H2,1-2H3/b31-9+.